The van der Waals surface area contributed by atoms with E-state index in [-0.39, 0.29) is 23.1 Å². The van der Waals surface area contributed by atoms with Gasteiger partial charge in [0.15, 0.2) is 6.61 Å². The van der Waals surface area contributed by atoms with Gasteiger partial charge in [-0.3, -0.25) is 4.79 Å². The Bertz CT molecular complexity index is 515. The van der Waals surface area contributed by atoms with Crippen LogP contribution in [-0.2, 0) is 9.53 Å². The van der Waals surface area contributed by atoms with Gasteiger partial charge >= 0.3 is 5.97 Å². The van der Waals surface area contributed by atoms with Crippen LogP contribution in [0.5, 0.6) is 0 Å². The van der Waals surface area contributed by atoms with Gasteiger partial charge < -0.3 is 15.4 Å². The van der Waals surface area contributed by atoms with Crippen molar-refractivity contribution in [1.82, 2.24) is 4.90 Å². The van der Waals surface area contributed by atoms with Crippen LogP contribution < -0.4 is 5.73 Å². The topological polar surface area (TPSA) is 72.6 Å². The third-order valence-corrected chi connectivity index (χ3v) is 3.34. The van der Waals surface area contributed by atoms with Crippen molar-refractivity contribution in [1.29, 1.82) is 0 Å². The van der Waals surface area contributed by atoms with Crippen molar-refractivity contribution in [3.05, 3.63) is 28.8 Å². The molecule has 0 atom stereocenters. The van der Waals surface area contributed by atoms with Gasteiger partial charge in [-0.2, -0.15) is 0 Å². The molecule has 0 heterocycles. The molecule has 2 rings (SSSR count). The Kier molecular flexibility index (Phi) is 3.95. The number of hydrogen-bond donors (Lipinski definition) is 1. The van der Waals surface area contributed by atoms with Crippen molar-refractivity contribution < 1.29 is 14.3 Å². The number of nitrogens with two attached hydrogens (primary N) is 1. The Morgan fingerprint density at radius 3 is 2.74 bits per heavy atom. The lowest BCUT2D eigenvalue weighted by Gasteiger charge is -2.16. The van der Waals surface area contributed by atoms with Crippen LogP contribution >= 0.6 is 11.6 Å². The summed E-state index contributed by atoms with van der Waals surface area (Å²) in [6, 6.07) is 4.80. The van der Waals surface area contributed by atoms with Crippen molar-refractivity contribution in [3.8, 4) is 0 Å². The Hall–Kier alpha value is -1.75. The molecule has 1 amide bonds. The average Bonchev–Trinajstić information content (AvgIpc) is 3.18. The predicted molar refractivity (Wildman–Crippen MR) is 71.9 cm³/mol. The highest BCUT2D eigenvalue weighted by Gasteiger charge is 2.30. The van der Waals surface area contributed by atoms with Gasteiger partial charge in [0.2, 0.25) is 0 Å². The summed E-state index contributed by atoms with van der Waals surface area (Å²) in [6.45, 7) is -0.271. The molecule has 1 aliphatic rings. The lowest BCUT2D eigenvalue weighted by molar-refractivity contribution is -0.133. The highest BCUT2D eigenvalue weighted by atomic mass is 35.5. The van der Waals surface area contributed by atoms with Crippen LogP contribution in [0.15, 0.2) is 18.2 Å². The van der Waals surface area contributed by atoms with Crippen LogP contribution in [0.25, 0.3) is 0 Å². The van der Waals surface area contributed by atoms with Gasteiger partial charge in [-0.1, -0.05) is 11.6 Å². The van der Waals surface area contributed by atoms with Gasteiger partial charge in [-0.15, -0.1) is 0 Å². The molecule has 0 aromatic heterocycles. The molecule has 0 spiro atoms. The molecule has 1 aromatic rings. The zero-order valence-corrected chi connectivity index (χ0v) is 11.3. The molecule has 0 aliphatic heterocycles. The number of benzene rings is 1. The first kappa shape index (κ1) is 13.7. The molecular weight excluding hydrogens is 268 g/mol. The van der Waals surface area contributed by atoms with Crippen molar-refractivity contribution in [2.45, 2.75) is 18.9 Å². The molecule has 0 radical (unpaired) electrons. The quantitative estimate of drug-likeness (QED) is 0.674. The van der Waals surface area contributed by atoms with Gasteiger partial charge in [0.1, 0.15) is 0 Å². The van der Waals surface area contributed by atoms with Crippen molar-refractivity contribution >= 4 is 29.2 Å². The number of ether oxygens (including phenoxy) is 1. The number of carbonyl (C=O) groups is 2. The number of anilines is 1. The normalized spacial score (nSPS) is 14.0. The van der Waals surface area contributed by atoms with Gasteiger partial charge in [0.05, 0.1) is 10.6 Å². The molecule has 102 valence electrons. The predicted octanol–water partition coefficient (Wildman–Crippen LogP) is 1.70. The number of halogens is 1. The minimum Gasteiger partial charge on any atom is -0.452 e. The Balaban J connectivity index is 1.91. The van der Waals surface area contributed by atoms with Crippen LogP contribution in [0, 0.1) is 0 Å². The van der Waals surface area contributed by atoms with Gasteiger partial charge in [-0.25, -0.2) is 4.79 Å². The maximum atomic E-state index is 11.8. The van der Waals surface area contributed by atoms with Crippen molar-refractivity contribution in [3.63, 3.8) is 0 Å². The number of rotatable bonds is 4. The van der Waals surface area contributed by atoms with Crippen LogP contribution in [-0.4, -0.2) is 36.5 Å². The van der Waals surface area contributed by atoms with Gasteiger partial charge in [-0.05, 0) is 31.0 Å². The zero-order valence-electron chi connectivity index (χ0n) is 10.6. The molecule has 1 aromatic carbocycles. The number of amides is 1. The second-order valence-corrected chi connectivity index (χ2v) is 4.96. The molecule has 5 nitrogen and oxygen atoms in total. The standard InChI is InChI=1S/C13H15ClN2O3/c1-16(9-3-4-9)12(17)7-19-13(18)10-5-2-8(15)6-11(10)14/h2,5-6,9H,3-4,7,15H2,1H3. The van der Waals surface area contributed by atoms with E-state index in [0.29, 0.717) is 11.7 Å². The number of carbonyl (C=O) groups excluding carboxylic acids is 2. The molecular formula is C13H15ClN2O3. The van der Waals surface area contributed by atoms with E-state index in [9.17, 15) is 9.59 Å². The number of hydrogen-bond acceptors (Lipinski definition) is 4. The minimum absolute atomic E-state index is 0.206. The fourth-order valence-corrected chi connectivity index (χ4v) is 1.94. The molecule has 2 N–H and O–H groups in total. The lowest BCUT2D eigenvalue weighted by Crippen LogP contribution is -2.32. The van der Waals surface area contributed by atoms with Gasteiger partial charge in [0, 0.05) is 18.8 Å². The second-order valence-electron chi connectivity index (χ2n) is 4.55. The number of likely N-dealkylation sites (N-methyl/N-ethyl adjacent to an activating group) is 1. The summed E-state index contributed by atoms with van der Waals surface area (Å²) in [5.41, 5.74) is 6.20. The average molecular weight is 283 g/mol. The number of esters is 1. The SMILES string of the molecule is CN(C(=O)COC(=O)c1ccc(N)cc1Cl)C1CC1. The summed E-state index contributed by atoms with van der Waals surface area (Å²) in [4.78, 5) is 25.1. The summed E-state index contributed by atoms with van der Waals surface area (Å²) >= 11 is 5.89. The van der Waals surface area contributed by atoms with E-state index in [4.69, 9.17) is 22.1 Å². The lowest BCUT2D eigenvalue weighted by atomic mass is 10.2. The maximum absolute atomic E-state index is 11.8. The molecule has 6 heteroatoms. The first-order chi connectivity index (χ1) is 8.99. The van der Waals surface area contributed by atoms with Crippen LogP contribution in [0.3, 0.4) is 0 Å². The molecule has 1 aliphatic carbocycles. The third kappa shape index (κ3) is 3.38. The Morgan fingerprint density at radius 2 is 2.16 bits per heavy atom. The Morgan fingerprint density at radius 1 is 1.47 bits per heavy atom. The molecule has 0 bridgehead atoms. The van der Waals surface area contributed by atoms with E-state index < -0.39 is 5.97 Å². The fourth-order valence-electron chi connectivity index (χ4n) is 1.67. The first-order valence-corrected chi connectivity index (χ1v) is 6.34. The monoisotopic (exact) mass is 282 g/mol. The summed E-state index contributed by atoms with van der Waals surface area (Å²) < 4.78 is 4.95. The molecule has 1 saturated carbocycles. The highest BCUT2D eigenvalue weighted by Crippen LogP contribution is 2.25. The summed E-state index contributed by atoms with van der Waals surface area (Å²) in [5.74, 6) is -0.829. The van der Waals surface area contributed by atoms with E-state index in [0.717, 1.165) is 12.8 Å². The second kappa shape index (κ2) is 5.48. The van der Waals surface area contributed by atoms with E-state index in [1.807, 2.05) is 0 Å². The van der Waals surface area contributed by atoms with E-state index >= 15 is 0 Å². The first-order valence-electron chi connectivity index (χ1n) is 5.97. The summed E-state index contributed by atoms with van der Waals surface area (Å²) in [5, 5.41) is 0.216. The highest BCUT2D eigenvalue weighted by molar-refractivity contribution is 6.33. The summed E-state index contributed by atoms with van der Waals surface area (Å²) in [7, 11) is 1.71. The molecule has 0 saturated heterocycles. The van der Waals surface area contributed by atoms with E-state index in [1.54, 1.807) is 18.0 Å². The summed E-state index contributed by atoms with van der Waals surface area (Å²) in [6.07, 6.45) is 2.03. The number of nitrogen functional groups attached to an aromatic ring is 1. The molecule has 19 heavy (non-hydrogen) atoms. The van der Waals surface area contributed by atoms with Crippen molar-refractivity contribution in [2.75, 3.05) is 19.4 Å². The molecule has 0 unspecified atom stereocenters. The van der Waals surface area contributed by atoms with E-state index in [2.05, 4.69) is 0 Å². The molecule has 1 fully saturated rings. The Labute approximate surface area is 116 Å². The van der Waals surface area contributed by atoms with Gasteiger partial charge in [0.25, 0.3) is 5.91 Å². The van der Waals surface area contributed by atoms with Crippen LogP contribution in [0.4, 0.5) is 5.69 Å². The van der Waals surface area contributed by atoms with Crippen molar-refractivity contribution in [2.24, 2.45) is 0 Å². The fraction of sp³-hybridized carbons (Fsp3) is 0.385. The van der Waals surface area contributed by atoms with E-state index in [1.165, 1.54) is 12.1 Å². The van der Waals surface area contributed by atoms with Crippen LogP contribution in [0.1, 0.15) is 23.2 Å². The minimum atomic E-state index is -0.623. The maximum Gasteiger partial charge on any atom is 0.340 e. The largest absolute Gasteiger partial charge is 0.452 e. The zero-order chi connectivity index (χ0) is 14.0. The van der Waals surface area contributed by atoms with Crippen LogP contribution in [0.2, 0.25) is 5.02 Å². The third-order valence-electron chi connectivity index (χ3n) is 3.03. The number of nitrogens with zero attached hydrogens (tertiary/aromatic N) is 1. The smallest absolute Gasteiger partial charge is 0.340 e.